The summed E-state index contributed by atoms with van der Waals surface area (Å²) in [6, 6.07) is 16.2. The van der Waals surface area contributed by atoms with Gasteiger partial charge in [0.2, 0.25) is 5.91 Å². The molecule has 156 valence electrons. The molecule has 2 aromatic rings. The number of nitrogens with one attached hydrogen (secondary N) is 1. The van der Waals surface area contributed by atoms with Gasteiger partial charge in [0.05, 0.1) is 12.7 Å². The summed E-state index contributed by atoms with van der Waals surface area (Å²) in [4.78, 5) is 14.3. The van der Waals surface area contributed by atoms with Crippen LogP contribution in [0, 0.1) is 11.2 Å². The molecule has 0 unspecified atom stereocenters. The zero-order valence-corrected chi connectivity index (χ0v) is 16.6. The van der Waals surface area contributed by atoms with E-state index < -0.39 is 11.5 Å². The van der Waals surface area contributed by atoms with Crippen molar-refractivity contribution in [3.05, 3.63) is 71.5 Å². The molecule has 1 aliphatic rings. The van der Waals surface area contributed by atoms with Crippen molar-refractivity contribution in [3.8, 4) is 0 Å². The number of nitrogens with zero attached hydrogens (tertiary/aromatic N) is 1. The molecule has 3 N–H and O–H groups in total. The third-order valence-corrected chi connectivity index (χ3v) is 5.77. The highest BCUT2D eigenvalue weighted by Crippen LogP contribution is 2.34. The molecule has 1 fully saturated rings. The Hall–Kier alpha value is -2.28. The Balaban J connectivity index is 1.53. The SMILES string of the molecule is O=C(CCN1CC[C@H](O)[C@](CO)(Cc2ccccc2)C1)NCc1ccccc1F. The molecule has 1 heterocycles. The summed E-state index contributed by atoms with van der Waals surface area (Å²) in [7, 11) is 0. The van der Waals surface area contributed by atoms with E-state index in [4.69, 9.17) is 0 Å². The average Bonchev–Trinajstić information content (AvgIpc) is 2.74. The van der Waals surface area contributed by atoms with Gasteiger partial charge in [0.25, 0.3) is 0 Å². The van der Waals surface area contributed by atoms with Crippen LogP contribution in [0.1, 0.15) is 24.0 Å². The number of carbonyl (C=O) groups is 1. The first kappa shape index (κ1) is 21.4. The second-order valence-electron chi connectivity index (χ2n) is 7.88. The minimum atomic E-state index is -0.636. The Morgan fingerprint density at radius 2 is 1.90 bits per heavy atom. The van der Waals surface area contributed by atoms with Gasteiger partial charge in [0.1, 0.15) is 5.82 Å². The molecular weight excluding hydrogens is 371 g/mol. The van der Waals surface area contributed by atoms with Crippen LogP contribution in [0.3, 0.4) is 0 Å². The quantitative estimate of drug-likeness (QED) is 0.635. The normalized spacial score (nSPS) is 22.4. The lowest BCUT2D eigenvalue weighted by molar-refractivity contribution is -0.122. The lowest BCUT2D eigenvalue weighted by Crippen LogP contribution is -2.55. The third kappa shape index (κ3) is 5.63. The summed E-state index contributed by atoms with van der Waals surface area (Å²) in [5.41, 5.74) is 0.901. The highest BCUT2D eigenvalue weighted by Gasteiger charge is 2.42. The number of likely N-dealkylation sites (tertiary alicyclic amines) is 1. The van der Waals surface area contributed by atoms with Crippen LogP contribution in [-0.2, 0) is 17.8 Å². The van der Waals surface area contributed by atoms with Gasteiger partial charge in [-0.05, 0) is 24.5 Å². The van der Waals surface area contributed by atoms with Crippen LogP contribution in [0.5, 0.6) is 0 Å². The molecule has 5 nitrogen and oxygen atoms in total. The third-order valence-electron chi connectivity index (χ3n) is 5.77. The van der Waals surface area contributed by atoms with E-state index in [1.807, 2.05) is 30.3 Å². The van der Waals surface area contributed by atoms with Crippen molar-refractivity contribution in [2.45, 2.75) is 31.9 Å². The number of amides is 1. The Morgan fingerprint density at radius 3 is 2.62 bits per heavy atom. The number of rotatable bonds is 8. The number of hydrogen-bond acceptors (Lipinski definition) is 4. The fourth-order valence-electron chi connectivity index (χ4n) is 4.00. The lowest BCUT2D eigenvalue weighted by Gasteiger charge is -2.45. The van der Waals surface area contributed by atoms with E-state index in [9.17, 15) is 19.4 Å². The first-order valence-electron chi connectivity index (χ1n) is 10.1. The van der Waals surface area contributed by atoms with Crippen molar-refractivity contribution in [2.75, 3.05) is 26.2 Å². The van der Waals surface area contributed by atoms with Crippen molar-refractivity contribution in [2.24, 2.45) is 5.41 Å². The lowest BCUT2D eigenvalue weighted by atomic mass is 9.73. The Kier molecular flexibility index (Phi) is 7.36. The molecule has 0 aromatic heterocycles. The molecule has 1 saturated heterocycles. The van der Waals surface area contributed by atoms with Gasteiger partial charge in [0.15, 0.2) is 0 Å². The maximum Gasteiger partial charge on any atom is 0.221 e. The topological polar surface area (TPSA) is 72.8 Å². The molecule has 0 aliphatic carbocycles. The molecule has 3 rings (SSSR count). The van der Waals surface area contributed by atoms with Crippen molar-refractivity contribution in [1.29, 1.82) is 0 Å². The fraction of sp³-hybridized carbons (Fsp3) is 0.435. The van der Waals surface area contributed by atoms with Gasteiger partial charge in [-0.25, -0.2) is 4.39 Å². The molecule has 0 saturated carbocycles. The zero-order chi connectivity index (χ0) is 20.7. The van der Waals surface area contributed by atoms with E-state index in [0.29, 0.717) is 38.0 Å². The van der Waals surface area contributed by atoms with Crippen molar-refractivity contribution >= 4 is 5.91 Å². The van der Waals surface area contributed by atoms with Gasteiger partial charge in [-0.3, -0.25) is 4.79 Å². The predicted molar refractivity (Wildman–Crippen MR) is 110 cm³/mol. The average molecular weight is 400 g/mol. The number of halogens is 1. The summed E-state index contributed by atoms with van der Waals surface area (Å²) in [5, 5.41) is 23.5. The van der Waals surface area contributed by atoms with Crippen molar-refractivity contribution in [3.63, 3.8) is 0 Å². The molecule has 1 amide bonds. The molecule has 0 bridgehead atoms. The molecular formula is C23H29FN2O3. The first-order valence-corrected chi connectivity index (χ1v) is 10.1. The van der Waals surface area contributed by atoms with Crippen LogP contribution in [0.15, 0.2) is 54.6 Å². The number of hydrogen-bond donors (Lipinski definition) is 3. The first-order chi connectivity index (χ1) is 14.0. The minimum Gasteiger partial charge on any atom is -0.396 e. The van der Waals surface area contributed by atoms with E-state index >= 15 is 0 Å². The highest BCUT2D eigenvalue weighted by molar-refractivity contribution is 5.76. The van der Waals surface area contributed by atoms with E-state index in [0.717, 1.165) is 5.56 Å². The molecule has 1 aliphatic heterocycles. The molecule has 2 aromatic carbocycles. The predicted octanol–water partition coefficient (Wildman–Crippen LogP) is 2.12. The minimum absolute atomic E-state index is 0.112. The monoisotopic (exact) mass is 400 g/mol. The summed E-state index contributed by atoms with van der Waals surface area (Å²) in [6.45, 7) is 1.79. The maximum atomic E-state index is 13.6. The molecule has 6 heteroatoms. The molecule has 0 spiro atoms. The van der Waals surface area contributed by atoms with Gasteiger partial charge < -0.3 is 20.4 Å². The van der Waals surface area contributed by atoms with Crippen LogP contribution in [-0.4, -0.2) is 53.4 Å². The van der Waals surface area contributed by atoms with Crippen LogP contribution < -0.4 is 5.32 Å². The van der Waals surface area contributed by atoms with Gasteiger partial charge >= 0.3 is 0 Å². The van der Waals surface area contributed by atoms with Crippen LogP contribution in [0.2, 0.25) is 0 Å². The Morgan fingerprint density at radius 1 is 1.17 bits per heavy atom. The fourth-order valence-corrected chi connectivity index (χ4v) is 4.00. The zero-order valence-electron chi connectivity index (χ0n) is 16.6. The Labute approximate surface area is 171 Å². The molecule has 29 heavy (non-hydrogen) atoms. The van der Waals surface area contributed by atoms with Crippen molar-refractivity contribution in [1.82, 2.24) is 10.2 Å². The van der Waals surface area contributed by atoms with E-state index in [1.165, 1.54) is 6.07 Å². The second kappa shape index (κ2) is 9.96. The van der Waals surface area contributed by atoms with E-state index in [1.54, 1.807) is 18.2 Å². The van der Waals surface area contributed by atoms with E-state index in [-0.39, 0.29) is 31.3 Å². The second-order valence-corrected chi connectivity index (χ2v) is 7.88. The van der Waals surface area contributed by atoms with Crippen LogP contribution in [0.4, 0.5) is 4.39 Å². The summed E-state index contributed by atoms with van der Waals surface area (Å²) in [5.74, 6) is -0.469. The summed E-state index contributed by atoms with van der Waals surface area (Å²) in [6.07, 6.45) is 0.849. The van der Waals surface area contributed by atoms with Gasteiger partial charge in [-0.2, -0.15) is 0 Å². The standard InChI is InChI=1S/C23H29FN2O3/c24-20-9-5-4-8-19(20)15-25-22(29)11-13-26-12-10-21(28)23(16-26,17-27)14-18-6-2-1-3-7-18/h1-9,21,27-28H,10-17H2,(H,25,29)/t21-,23+/m0/s1. The van der Waals surface area contributed by atoms with Gasteiger partial charge in [-0.15, -0.1) is 0 Å². The number of piperidine rings is 1. The highest BCUT2D eigenvalue weighted by atomic mass is 19.1. The number of carbonyl (C=O) groups excluding carboxylic acids is 1. The summed E-state index contributed by atoms with van der Waals surface area (Å²) >= 11 is 0. The molecule has 2 atom stereocenters. The number of benzene rings is 2. The number of aliphatic hydroxyl groups excluding tert-OH is 2. The molecule has 0 radical (unpaired) electrons. The van der Waals surface area contributed by atoms with Gasteiger partial charge in [-0.1, -0.05) is 48.5 Å². The number of aliphatic hydroxyl groups is 2. The van der Waals surface area contributed by atoms with Crippen LogP contribution >= 0.6 is 0 Å². The van der Waals surface area contributed by atoms with Gasteiger partial charge in [0, 0.05) is 43.6 Å². The summed E-state index contributed by atoms with van der Waals surface area (Å²) < 4.78 is 13.6. The maximum absolute atomic E-state index is 13.6. The van der Waals surface area contributed by atoms with E-state index in [2.05, 4.69) is 10.2 Å². The van der Waals surface area contributed by atoms with Crippen molar-refractivity contribution < 1.29 is 19.4 Å². The Bertz CT molecular complexity index is 802. The van der Waals surface area contributed by atoms with Crippen LogP contribution in [0.25, 0.3) is 0 Å². The smallest absolute Gasteiger partial charge is 0.221 e. The largest absolute Gasteiger partial charge is 0.396 e.